The van der Waals surface area contributed by atoms with Crippen LogP contribution in [0.15, 0.2) is 18.2 Å². The van der Waals surface area contributed by atoms with Crippen LogP contribution >= 0.6 is 0 Å². The van der Waals surface area contributed by atoms with Crippen molar-refractivity contribution in [2.75, 3.05) is 18.5 Å². The lowest BCUT2D eigenvalue weighted by atomic mass is 10.2. The van der Waals surface area contributed by atoms with Crippen LogP contribution in [-0.2, 0) is 11.3 Å². The van der Waals surface area contributed by atoms with E-state index in [-0.39, 0.29) is 10.6 Å². The highest BCUT2D eigenvalue weighted by Crippen LogP contribution is 2.25. The van der Waals surface area contributed by atoms with E-state index in [9.17, 15) is 10.1 Å². The van der Waals surface area contributed by atoms with Crippen LogP contribution in [0.4, 0.5) is 11.4 Å². The van der Waals surface area contributed by atoms with Crippen LogP contribution in [0.25, 0.3) is 0 Å². The van der Waals surface area contributed by atoms with Gasteiger partial charge >= 0.3 is 0 Å². The minimum absolute atomic E-state index is 0.0963. The smallest absolute Gasteiger partial charge is 0.292 e. The summed E-state index contributed by atoms with van der Waals surface area (Å²) in [7, 11) is 0. The number of ether oxygens (including phenoxy) is 1. The number of nitro benzene ring substituents is 1. The zero-order valence-electron chi connectivity index (χ0n) is 9.53. The molecule has 0 amide bonds. The highest BCUT2D eigenvalue weighted by Gasteiger charge is 2.13. The number of anilines is 1. The molecular formula is C11H16N2O3. The number of hydrogen-bond acceptors (Lipinski definition) is 4. The highest BCUT2D eigenvalue weighted by atomic mass is 16.6. The fraction of sp³-hybridized carbons (Fsp3) is 0.455. The van der Waals surface area contributed by atoms with E-state index in [2.05, 4.69) is 5.32 Å². The molecule has 5 nitrogen and oxygen atoms in total. The Morgan fingerprint density at radius 1 is 1.44 bits per heavy atom. The van der Waals surface area contributed by atoms with Gasteiger partial charge in [-0.05, 0) is 25.5 Å². The van der Waals surface area contributed by atoms with Gasteiger partial charge in [-0.3, -0.25) is 10.1 Å². The number of nitro groups is 1. The fourth-order valence-electron chi connectivity index (χ4n) is 1.38. The predicted molar refractivity (Wildman–Crippen MR) is 62.6 cm³/mol. The van der Waals surface area contributed by atoms with Crippen molar-refractivity contribution in [2.24, 2.45) is 0 Å². The van der Waals surface area contributed by atoms with Gasteiger partial charge in [0.2, 0.25) is 0 Å². The van der Waals surface area contributed by atoms with Gasteiger partial charge in [0.25, 0.3) is 5.69 Å². The lowest BCUT2D eigenvalue weighted by Gasteiger charge is -2.06. The van der Waals surface area contributed by atoms with Crippen LogP contribution in [0.1, 0.15) is 19.4 Å². The summed E-state index contributed by atoms with van der Waals surface area (Å²) < 4.78 is 5.21. The molecule has 0 aliphatic rings. The summed E-state index contributed by atoms with van der Waals surface area (Å²) in [5, 5.41) is 13.8. The normalized spacial score (nSPS) is 10.1. The van der Waals surface area contributed by atoms with E-state index < -0.39 is 0 Å². The molecule has 0 unspecified atom stereocenters. The Hall–Kier alpha value is -1.62. The van der Waals surface area contributed by atoms with E-state index in [4.69, 9.17) is 4.74 Å². The standard InChI is InChI=1S/C11H16N2O3/c1-3-12-10-6-5-9(8-16-4-2)7-11(10)13(14)15/h5-7,12H,3-4,8H2,1-2H3. The Morgan fingerprint density at radius 3 is 2.75 bits per heavy atom. The van der Waals surface area contributed by atoms with Crippen molar-refractivity contribution < 1.29 is 9.66 Å². The summed E-state index contributed by atoms with van der Waals surface area (Å²) in [5.41, 5.74) is 1.46. The number of benzene rings is 1. The van der Waals surface area contributed by atoms with Crippen LogP contribution in [0, 0.1) is 10.1 Å². The second-order valence-corrected chi connectivity index (χ2v) is 3.28. The molecule has 0 aromatic heterocycles. The molecule has 0 heterocycles. The second kappa shape index (κ2) is 6.07. The second-order valence-electron chi connectivity index (χ2n) is 3.28. The molecule has 0 atom stereocenters. The van der Waals surface area contributed by atoms with E-state index in [0.29, 0.717) is 25.4 Å². The Balaban J connectivity index is 2.93. The molecule has 0 saturated heterocycles. The first-order valence-corrected chi connectivity index (χ1v) is 5.28. The predicted octanol–water partition coefficient (Wildman–Crippen LogP) is 2.56. The van der Waals surface area contributed by atoms with E-state index >= 15 is 0 Å². The third-order valence-corrected chi connectivity index (χ3v) is 2.10. The van der Waals surface area contributed by atoms with Gasteiger partial charge in [0.15, 0.2) is 0 Å². The van der Waals surface area contributed by atoms with Crippen LogP contribution in [0.5, 0.6) is 0 Å². The van der Waals surface area contributed by atoms with Crippen LogP contribution in [-0.4, -0.2) is 18.1 Å². The Kier molecular flexibility index (Phi) is 4.72. The third-order valence-electron chi connectivity index (χ3n) is 2.10. The minimum atomic E-state index is -0.382. The number of hydrogen-bond donors (Lipinski definition) is 1. The molecular weight excluding hydrogens is 208 g/mol. The van der Waals surface area contributed by atoms with Gasteiger partial charge in [0, 0.05) is 19.2 Å². The zero-order chi connectivity index (χ0) is 12.0. The maximum Gasteiger partial charge on any atom is 0.292 e. The molecule has 88 valence electrons. The summed E-state index contributed by atoms with van der Waals surface area (Å²) in [5.74, 6) is 0. The Bertz CT molecular complexity index is 366. The topological polar surface area (TPSA) is 64.4 Å². The van der Waals surface area contributed by atoms with Gasteiger partial charge in [-0.25, -0.2) is 0 Å². The van der Waals surface area contributed by atoms with Crippen molar-refractivity contribution in [1.82, 2.24) is 0 Å². The zero-order valence-corrected chi connectivity index (χ0v) is 9.53. The molecule has 0 fully saturated rings. The molecule has 5 heteroatoms. The van der Waals surface area contributed by atoms with E-state index in [1.165, 1.54) is 0 Å². The van der Waals surface area contributed by atoms with Crippen LogP contribution in [0.2, 0.25) is 0 Å². The molecule has 1 rings (SSSR count). The van der Waals surface area contributed by atoms with Gasteiger partial charge in [-0.2, -0.15) is 0 Å². The van der Waals surface area contributed by atoms with Crippen molar-refractivity contribution >= 4 is 11.4 Å². The van der Waals surface area contributed by atoms with Crippen molar-refractivity contribution in [1.29, 1.82) is 0 Å². The molecule has 0 bridgehead atoms. The lowest BCUT2D eigenvalue weighted by molar-refractivity contribution is -0.384. The summed E-state index contributed by atoms with van der Waals surface area (Å²) >= 11 is 0. The van der Waals surface area contributed by atoms with E-state index in [1.807, 2.05) is 19.9 Å². The minimum Gasteiger partial charge on any atom is -0.380 e. The number of rotatable bonds is 6. The first-order valence-electron chi connectivity index (χ1n) is 5.28. The summed E-state index contributed by atoms with van der Waals surface area (Å²) in [6, 6.07) is 5.10. The summed E-state index contributed by atoms with van der Waals surface area (Å²) in [4.78, 5) is 10.5. The Labute approximate surface area is 94.6 Å². The van der Waals surface area contributed by atoms with Crippen molar-refractivity contribution in [2.45, 2.75) is 20.5 Å². The van der Waals surface area contributed by atoms with E-state index in [1.54, 1.807) is 12.1 Å². The molecule has 16 heavy (non-hydrogen) atoms. The van der Waals surface area contributed by atoms with E-state index in [0.717, 1.165) is 5.56 Å². The van der Waals surface area contributed by atoms with Gasteiger partial charge < -0.3 is 10.1 Å². The SMILES string of the molecule is CCNc1ccc(COCC)cc1[N+](=O)[O-]. The fourth-order valence-corrected chi connectivity index (χ4v) is 1.38. The largest absolute Gasteiger partial charge is 0.380 e. The molecule has 0 aliphatic heterocycles. The third kappa shape index (κ3) is 3.20. The molecule has 0 spiro atoms. The quantitative estimate of drug-likeness (QED) is 0.595. The van der Waals surface area contributed by atoms with Crippen LogP contribution in [0.3, 0.4) is 0 Å². The lowest BCUT2D eigenvalue weighted by Crippen LogP contribution is -2.02. The molecule has 0 aliphatic carbocycles. The maximum atomic E-state index is 10.8. The average Bonchev–Trinajstić information content (AvgIpc) is 2.27. The molecule has 1 aromatic carbocycles. The molecule has 0 saturated carbocycles. The van der Waals surface area contributed by atoms with Gasteiger partial charge in [0.05, 0.1) is 11.5 Å². The average molecular weight is 224 g/mol. The first-order chi connectivity index (χ1) is 7.69. The highest BCUT2D eigenvalue weighted by molar-refractivity contribution is 5.62. The molecule has 1 aromatic rings. The van der Waals surface area contributed by atoms with Gasteiger partial charge in [-0.15, -0.1) is 0 Å². The Morgan fingerprint density at radius 2 is 2.19 bits per heavy atom. The summed E-state index contributed by atoms with van der Waals surface area (Å²) in [6.07, 6.45) is 0. The van der Waals surface area contributed by atoms with Crippen molar-refractivity contribution in [3.63, 3.8) is 0 Å². The molecule has 1 N–H and O–H groups in total. The van der Waals surface area contributed by atoms with Gasteiger partial charge in [-0.1, -0.05) is 6.07 Å². The van der Waals surface area contributed by atoms with Gasteiger partial charge in [0.1, 0.15) is 5.69 Å². The molecule has 0 radical (unpaired) electrons. The number of nitrogens with one attached hydrogen (secondary N) is 1. The van der Waals surface area contributed by atoms with Crippen molar-refractivity contribution in [3.05, 3.63) is 33.9 Å². The van der Waals surface area contributed by atoms with Crippen LogP contribution < -0.4 is 5.32 Å². The maximum absolute atomic E-state index is 10.8. The number of nitrogens with zero attached hydrogens (tertiary/aromatic N) is 1. The first kappa shape index (κ1) is 12.4. The monoisotopic (exact) mass is 224 g/mol. The van der Waals surface area contributed by atoms with Crippen molar-refractivity contribution in [3.8, 4) is 0 Å². The summed E-state index contributed by atoms with van der Waals surface area (Å²) in [6.45, 7) is 5.46.